The van der Waals surface area contributed by atoms with Gasteiger partial charge in [0, 0.05) is 6.54 Å². The minimum absolute atomic E-state index is 0.438. The van der Waals surface area contributed by atoms with Crippen molar-refractivity contribution in [1.29, 1.82) is 5.26 Å². The van der Waals surface area contributed by atoms with Gasteiger partial charge >= 0.3 is 0 Å². The Hall–Kier alpha value is -0.640. The summed E-state index contributed by atoms with van der Waals surface area (Å²) in [7, 11) is -3.44. The van der Waals surface area contributed by atoms with Crippen LogP contribution in [-0.2, 0) is 10.0 Å². The SMILES string of the molecule is N#CCS(=O)(=O)N1CCCCC1N. The summed E-state index contributed by atoms with van der Waals surface area (Å²) >= 11 is 0. The number of hydrogen-bond acceptors (Lipinski definition) is 4. The largest absolute Gasteiger partial charge is 0.315 e. The zero-order valence-corrected chi connectivity index (χ0v) is 8.13. The van der Waals surface area contributed by atoms with E-state index in [2.05, 4.69) is 0 Å². The lowest BCUT2D eigenvalue weighted by Crippen LogP contribution is -2.49. The van der Waals surface area contributed by atoms with Crippen LogP contribution in [-0.4, -0.2) is 31.2 Å². The summed E-state index contributed by atoms with van der Waals surface area (Å²) in [4.78, 5) is 0. The van der Waals surface area contributed by atoms with Crippen LogP contribution in [0.25, 0.3) is 0 Å². The Kier molecular flexibility index (Phi) is 3.25. The second-order valence-electron chi connectivity index (χ2n) is 3.09. The molecule has 74 valence electrons. The Morgan fingerprint density at radius 1 is 1.54 bits per heavy atom. The maximum absolute atomic E-state index is 11.4. The number of nitriles is 1. The van der Waals surface area contributed by atoms with E-state index in [-0.39, 0.29) is 0 Å². The molecule has 1 heterocycles. The fraction of sp³-hybridized carbons (Fsp3) is 0.857. The third-order valence-corrected chi connectivity index (χ3v) is 3.76. The van der Waals surface area contributed by atoms with E-state index in [0.717, 1.165) is 12.8 Å². The predicted molar refractivity (Wildman–Crippen MR) is 47.9 cm³/mol. The number of nitrogens with zero attached hydrogens (tertiary/aromatic N) is 2. The molecule has 0 bridgehead atoms. The fourth-order valence-electron chi connectivity index (χ4n) is 1.44. The van der Waals surface area contributed by atoms with Crippen molar-refractivity contribution in [3.8, 4) is 6.07 Å². The van der Waals surface area contributed by atoms with E-state index in [1.54, 1.807) is 6.07 Å². The molecule has 0 aromatic rings. The molecule has 13 heavy (non-hydrogen) atoms. The van der Waals surface area contributed by atoms with Crippen LogP contribution in [0.3, 0.4) is 0 Å². The summed E-state index contributed by atoms with van der Waals surface area (Å²) < 4.78 is 24.1. The number of nitrogens with two attached hydrogens (primary N) is 1. The lowest BCUT2D eigenvalue weighted by Gasteiger charge is -2.31. The van der Waals surface area contributed by atoms with Crippen LogP contribution in [0, 0.1) is 11.3 Å². The van der Waals surface area contributed by atoms with Gasteiger partial charge in [-0.25, -0.2) is 8.42 Å². The van der Waals surface area contributed by atoms with E-state index in [9.17, 15) is 8.42 Å². The Morgan fingerprint density at radius 3 is 2.77 bits per heavy atom. The van der Waals surface area contributed by atoms with Crippen LogP contribution in [0.5, 0.6) is 0 Å². The molecule has 1 saturated heterocycles. The molecule has 5 nitrogen and oxygen atoms in total. The Balaban J connectivity index is 2.75. The molecule has 0 spiro atoms. The highest BCUT2D eigenvalue weighted by Crippen LogP contribution is 2.16. The van der Waals surface area contributed by atoms with Crippen molar-refractivity contribution in [2.75, 3.05) is 12.3 Å². The van der Waals surface area contributed by atoms with Gasteiger partial charge in [-0.05, 0) is 19.3 Å². The van der Waals surface area contributed by atoms with Gasteiger partial charge in [-0.2, -0.15) is 9.57 Å². The van der Waals surface area contributed by atoms with Gasteiger partial charge in [-0.3, -0.25) is 0 Å². The van der Waals surface area contributed by atoms with Crippen LogP contribution >= 0.6 is 0 Å². The molecule has 0 amide bonds. The van der Waals surface area contributed by atoms with Crippen molar-refractivity contribution in [3.63, 3.8) is 0 Å². The molecular weight excluding hydrogens is 190 g/mol. The summed E-state index contributed by atoms with van der Waals surface area (Å²) in [5.41, 5.74) is 5.63. The average molecular weight is 203 g/mol. The molecule has 6 heteroatoms. The quantitative estimate of drug-likeness (QED) is 0.662. The van der Waals surface area contributed by atoms with Gasteiger partial charge in [0.15, 0.2) is 5.75 Å². The zero-order chi connectivity index (χ0) is 9.90. The maximum Gasteiger partial charge on any atom is 0.228 e. The maximum atomic E-state index is 11.4. The number of rotatable bonds is 2. The summed E-state index contributed by atoms with van der Waals surface area (Å²) in [6, 6.07) is 1.64. The molecule has 1 aliphatic heterocycles. The lowest BCUT2D eigenvalue weighted by molar-refractivity contribution is 0.259. The Labute approximate surface area is 78.2 Å². The molecule has 1 atom stereocenters. The van der Waals surface area contributed by atoms with E-state index >= 15 is 0 Å². The van der Waals surface area contributed by atoms with E-state index in [1.165, 1.54) is 4.31 Å². The van der Waals surface area contributed by atoms with Gasteiger partial charge in [0.25, 0.3) is 0 Å². The van der Waals surface area contributed by atoms with Gasteiger partial charge in [0.2, 0.25) is 10.0 Å². The van der Waals surface area contributed by atoms with Crippen molar-refractivity contribution < 1.29 is 8.42 Å². The van der Waals surface area contributed by atoms with Gasteiger partial charge in [0.05, 0.1) is 12.2 Å². The molecular formula is C7H13N3O2S. The smallest absolute Gasteiger partial charge is 0.228 e. The fourth-order valence-corrected chi connectivity index (χ4v) is 2.70. The second-order valence-corrected chi connectivity index (χ2v) is 5.01. The summed E-state index contributed by atoms with van der Waals surface area (Å²) in [5.74, 6) is -0.472. The van der Waals surface area contributed by atoms with E-state index in [4.69, 9.17) is 11.0 Å². The predicted octanol–water partition coefficient (Wildman–Crippen LogP) is -0.390. The minimum atomic E-state index is -3.44. The third-order valence-electron chi connectivity index (χ3n) is 2.10. The second kappa shape index (κ2) is 4.05. The van der Waals surface area contributed by atoms with Crippen molar-refractivity contribution in [2.24, 2.45) is 5.73 Å². The molecule has 0 radical (unpaired) electrons. The van der Waals surface area contributed by atoms with Gasteiger partial charge < -0.3 is 5.73 Å². The number of sulfonamides is 1. The topological polar surface area (TPSA) is 87.2 Å². The summed E-state index contributed by atoms with van der Waals surface area (Å²) in [5, 5.41) is 8.32. The van der Waals surface area contributed by atoms with Crippen LogP contribution in [0.1, 0.15) is 19.3 Å². The van der Waals surface area contributed by atoms with Crippen LogP contribution < -0.4 is 5.73 Å². The molecule has 0 aromatic carbocycles. The molecule has 1 rings (SSSR count). The summed E-state index contributed by atoms with van der Waals surface area (Å²) in [6.07, 6.45) is 2.04. The first-order valence-corrected chi connectivity index (χ1v) is 5.81. The molecule has 1 aliphatic rings. The van der Waals surface area contributed by atoms with Gasteiger partial charge in [-0.15, -0.1) is 0 Å². The first-order chi connectivity index (χ1) is 6.08. The zero-order valence-electron chi connectivity index (χ0n) is 7.31. The molecule has 0 saturated carbocycles. The van der Waals surface area contributed by atoms with Crippen molar-refractivity contribution >= 4 is 10.0 Å². The Bertz CT molecular complexity index is 306. The first kappa shape index (κ1) is 10.4. The molecule has 0 aliphatic carbocycles. The summed E-state index contributed by atoms with van der Waals surface area (Å²) in [6.45, 7) is 0.450. The molecule has 1 fully saturated rings. The van der Waals surface area contributed by atoms with Crippen molar-refractivity contribution in [2.45, 2.75) is 25.4 Å². The normalized spacial score (nSPS) is 25.4. The highest BCUT2D eigenvalue weighted by atomic mass is 32.2. The van der Waals surface area contributed by atoms with E-state index in [1.807, 2.05) is 0 Å². The van der Waals surface area contributed by atoms with Crippen LogP contribution in [0.4, 0.5) is 0 Å². The van der Waals surface area contributed by atoms with Crippen molar-refractivity contribution in [1.82, 2.24) is 4.31 Å². The van der Waals surface area contributed by atoms with Gasteiger partial charge in [-0.1, -0.05) is 0 Å². The first-order valence-electron chi connectivity index (χ1n) is 4.20. The van der Waals surface area contributed by atoms with Gasteiger partial charge in [0.1, 0.15) is 0 Å². The number of piperidine rings is 1. The van der Waals surface area contributed by atoms with Crippen LogP contribution in [0.2, 0.25) is 0 Å². The van der Waals surface area contributed by atoms with Crippen molar-refractivity contribution in [3.05, 3.63) is 0 Å². The van der Waals surface area contributed by atoms with Crippen LogP contribution in [0.15, 0.2) is 0 Å². The average Bonchev–Trinajstić information content (AvgIpc) is 2.04. The lowest BCUT2D eigenvalue weighted by atomic mass is 10.1. The third kappa shape index (κ3) is 2.40. The van der Waals surface area contributed by atoms with E-state index < -0.39 is 21.9 Å². The standard InChI is InChI=1S/C7H13N3O2S/c8-4-6-13(11,12)10-5-2-1-3-7(10)9/h7H,1-3,5-6,9H2. The molecule has 2 N–H and O–H groups in total. The van der Waals surface area contributed by atoms with E-state index in [0.29, 0.717) is 13.0 Å². The molecule has 1 unspecified atom stereocenters. The minimum Gasteiger partial charge on any atom is -0.315 e. The molecule has 0 aromatic heterocycles. The highest BCUT2D eigenvalue weighted by molar-refractivity contribution is 7.89. The Morgan fingerprint density at radius 2 is 2.23 bits per heavy atom. The number of hydrogen-bond donors (Lipinski definition) is 1. The highest BCUT2D eigenvalue weighted by Gasteiger charge is 2.29. The monoisotopic (exact) mass is 203 g/mol.